The highest BCUT2D eigenvalue weighted by molar-refractivity contribution is 5.76. The van der Waals surface area contributed by atoms with E-state index in [-0.39, 0.29) is 18.9 Å². The summed E-state index contributed by atoms with van der Waals surface area (Å²) in [6.07, 6.45) is 67.2. The first-order valence-corrected chi connectivity index (χ1v) is 44.3. The molecule has 0 bridgehead atoms. The van der Waals surface area contributed by atoms with Gasteiger partial charge in [-0.1, -0.05) is 356 Å². The average molecular weight is 1550 g/mol. The van der Waals surface area contributed by atoms with Crippen LogP contribution in [0.25, 0.3) is 0 Å². The quantitative estimate of drug-likeness (QED) is 0.0199. The molecule has 17 unspecified atom stereocenters. The van der Waals surface area contributed by atoms with Gasteiger partial charge in [0.25, 0.3) is 0 Å². The first-order chi connectivity index (χ1) is 53.3. The van der Waals surface area contributed by atoms with E-state index in [0.29, 0.717) is 6.42 Å². The number of amides is 1. The van der Waals surface area contributed by atoms with Crippen molar-refractivity contribution < 1.29 is 89.4 Å². The van der Waals surface area contributed by atoms with Gasteiger partial charge in [0.2, 0.25) is 5.91 Å². The minimum Gasteiger partial charge on any atom is -0.394 e. The van der Waals surface area contributed by atoms with Crippen LogP contribution in [0, 0.1) is 0 Å². The lowest BCUT2D eigenvalue weighted by Gasteiger charge is -2.48. The van der Waals surface area contributed by atoms with Gasteiger partial charge in [-0.05, 0) is 70.6 Å². The van der Waals surface area contributed by atoms with E-state index in [9.17, 15) is 61.0 Å². The molecule has 0 aliphatic carbocycles. The largest absolute Gasteiger partial charge is 0.394 e. The standard InChI is InChI=1S/C90H161NO18/c1-3-5-7-9-11-13-15-17-19-21-23-25-27-29-31-33-35-36-38-40-42-44-46-48-50-52-54-56-58-60-62-64-66-68-78(96)91-73(74(95)67-65-63-61-59-57-55-53-51-49-47-45-43-41-39-37-34-32-30-28-26-24-22-20-18-16-14-12-10-8-6-4-2)72-104-88-84(102)81(99)86(76(70-93)106-88)109-90-85(103)82(100)87(77(71-94)107-90)108-89-83(101)80(98)79(97)75(69-92)105-89/h5,7,11,13,17,19,23,25,29,31,35-36,65,67,73-77,79-90,92-95,97-103H,3-4,6,8-10,12,14-16,18,20-22,24,26-28,30,32-34,37-64,66,68-72H2,1-2H3,(H,91,96)/b7-5-,13-11-,19-17-,25-23-,31-29-,36-35-,67-65+. The topological polar surface area (TPSA) is 307 Å². The zero-order valence-electron chi connectivity index (χ0n) is 68.3. The molecule has 3 heterocycles. The highest BCUT2D eigenvalue weighted by Gasteiger charge is 2.54. The van der Waals surface area contributed by atoms with Crippen molar-refractivity contribution in [2.45, 2.75) is 452 Å². The maximum Gasteiger partial charge on any atom is 0.220 e. The zero-order valence-corrected chi connectivity index (χ0v) is 68.3. The van der Waals surface area contributed by atoms with Gasteiger partial charge >= 0.3 is 0 Å². The van der Waals surface area contributed by atoms with E-state index in [1.54, 1.807) is 6.08 Å². The molecule has 3 aliphatic rings. The van der Waals surface area contributed by atoms with Crippen molar-refractivity contribution >= 4 is 5.91 Å². The van der Waals surface area contributed by atoms with Gasteiger partial charge in [-0.15, -0.1) is 0 Å². The van der Waals surface area contributed by atoms with Gasteiger partial charge < -0.3 is 89.9 Å². The number of rotatable bonds is 71. The summed E-state index contributed by atoms with van der Waals surface area (Å²) < 4.78 is 34.5. The third kappa shape index (κ3) is 48.2. The van der Waals surface area contributed by atoms with Gasteiger partial charge in [0, 0.05) is 6.42 Å². The fraction of sp³-hybridized carbons (Fsp3) is 0.833. The number of hydrogen-bond donors (Lipinski definition) is 12. The molecule has 3 aliphatic heterocycles. The summed E-state index contributed by atoms with van der Waals surface area (Å²) in [6, 6.07) is -0.980. The van der Waals surface area contributed by atoms with Crippen molar-refractivity contribution in [3.05, 3.63) is 85.1 Å². The van der Waals surface area contributed by atoms with Gasteiger partial charge in [-0.3, -0.25) is 4.79 Å². The second-order valence-corrected chi connectivity index (χ2v) is 31.3. The Bertz CT molecular complexity index is 2300. The predicted molar refractivity (Wildman–Crippen MR) is 438 cm³/mol. The highest BCUT2D eigenvalue weighted by atomic mass is 16.8. The molecule has 19 heteroatoms. The predicted octanol–water partition coefficient (Wildman–Crippen LogP) is 16.5. The van der Waals surface area contributed by atoms with Gasteiger partial charge in [0.15, 0.2) is 18.9 Å². The number of hydrogen-bond acceptors (Lipinski definition) is 18. The number of nitrogens with one attached hydrogen (secondary N) is 1. The van der Waals surface area contributed by atoms with Crippen LogP contribution in [0.5, 0.6) is 0 Å². The Kier molecular flexibility index (Phi) is 63.7. The van der Waals surface area contributed by atoms with Crippen LogP contribution in [0.1, 0.15) is 348 Å². The van der Waals surface area contributed by atoms with E-state index in [1.165, 1.54) is 231 Å². The summed E-state index contributed by atoms with van der Waals surface area (Å²) in [5, 5.41) is 121. The molecule has 3 saturated heterocycles. The molecule has 19 nitrogen and oxygen atoms in total. The monoisotopic (exact) mass is 1540 g/mol. The second-order valence-electron chi connectivity index (χ2n) is 31.3. The molecular weight excluding hydrogens is 1380 g/mol. The van der Waals surface area contributed by atoms with E-state index in [2.05, 4.69) is 92.1 Å². The molecule has 12 N–H and O–H groups in total. The second kappa shape index (κ2) is 69.3. The summed E-state index contributed by atoms with van der Waals surface area (Å²) in [6.45, 7) is 1.67. The van der Waals surface area contributed by atoms with Crippen LogP contribution in [0.15, 0.2) is 85.1 Å². The minimum atomic E-state index is -1.98. The van der Waals surface area contributed by atoms with E-state index in [0.717, 1.165) is 89.9 Å². The number of ether oxygens (including phenoxy) is 6. The Hall–Kier alpha value is -3.03. The van der Waals surface area contributed by atoms with Crippen molar-refractivity contribution in [1.29, 1.82) is 0 Å². The van der Waals surface area contributed by atoms with Crippen LogP contribution in [-0.2, 0) is 33.2 Å². The van der Waals surface area contributed by atoms with Crippen molar-refractivity contribution in [3.63, 3.8) is 0 Å². The van der Waals surface area contributed by atoms with Gasteiger partial charge in [0.05, 0.1) is 38.6 Å². The normalized spacial score (nSPS) is 25.7. The molecule has 3 rings (SSSR count). The van der Waals surface area contributed by atoms with Crippen LogP contribution in [0.2, 0.25) is 0 Å². The summed E-state index contributed by atoms with van der Waals surface area (Å²) in [4.78, 5) is 13.5. The van der Waals surface area contributed by atoms with Crippen LogP contribution in [-0.4, -0.2) is 193 Å². The summed E-state index contributed by atoms with van der Waals surface area (Å²) >= 11 is 0. The molecular formula is C90H161NO18. The zero-order chi connectivity index (χ0) is 78.8. The lowest BCUT2D eigenvalue weighted by Crippen LogP contribution is -2.66. The highest BCUT2D eigenvalue weighted by Crippen LogP contribution is 2.33. The van der Waals surface area contributed by atoms with Crippen molar-refractivity contribution in [3.8, 4) is 0 Å². The SMILES string of the molecule is CC/C=C\C/C=C\C/C=C\C/C=C\C/C=C\C/C=C\CCCCCCCCCCCCCCCCC(=O)NC(COC1OC(CO)C(OC2OC(CO)C(OC3OC(CO)C(O)C(O)C3O)C(O)C2O)C(O)C1O)C(O)/C=C/CCCCCCCCCCCCCCCCCCCCCCCCCCCCCCC. The third-order valence-electron chi connectivity index (χ3n) is 21.7. The molecule has 0 aromatic rings. The Balaban J connectivity index is 1.34. The molecule has 0 spiro atoms. The Morgan fingerprint density at radius 2 is 0.633 bits per heavy atom. The van der Waals surface area contributed by atoms with Gasteiger partial charge in [0.1, 0.15) is 73.2 Å². The lowest BCUT2D eigenvalue weighted by molar-refractivity contribution is -0.379. The van der Waals surface area contributed by atoms with Crippen molar-refractivity contribution in [2.24, 2.45) is 0 Å². The van der Waals surface area contributed by atoms with Crippen LogP contribution in [0.4, 0.5) is 0 Å². The van der Waals surface area contributed by atoms with E-state index >= 15 is 0 Å². The molecule has 0 aromatic heterocycles. The van der Waals surface area contributed by atoms with E-state index in [1.807, 2.05) is 6.08 Å². The molecule has 0 aromatic carbocycles. The van der Waals surface area contributed by atoms with E-state index < -0.39 is 124 Å². The van der Waals surface area contributed by atoms with Crippen LogP contribution >= 0.6 is 0 Å². The molecule has 17 atom stereocenters. The first kappa shape index (κ1) is 100. The summed E-state index contributed by atoms with van der Waals surface area (Å²) in [5.74, 6) is -0.274. The summed E-state index contributed by atoms with van der Waals surface area (Å²) in [7, 11) is 0. The lowest BCUT2D eigenvalue weighted by atomic mass is 9.96. The number of carbonyl (C=O) groups excluding carboxylic acids is 1. The smallest absolute Gasteiger partial charge is 0.220 e. The molecule has 1 amide bonds. The maximum atomic E-state index is 13.5. The van der Waals surface area contributed by atoms with Crippen molar-refractivity contribution in [2.75, 3.05) is 26.4 Å². The Morgan fingerprint density at radius 3 is 0.991 bits per heavy atom. The van der Waals surface area contributed by atoms with Crippen LogP contribution in [0.3, 0.4) is 0 Å². The number of aliphatic hydroxyl groups excluding tert-OH is 11. The van der Waals surface area contributed by atoms with E-state index in [4.69, 9.17) is 28.4 Å². The minimum absolute atomic E-state index is 0.240. The third-order valence-corrected chi connectivity index (χ3v) is 21.7. The molecule has 0 saturated carbocycles. The van der Waals surface area contributed by atoms with Gasteiger partial charge in [-0.2, -0.15) is 0 Å². The molecule has 3 fully saturated rings. The fourth-order valence-corrected chi connectivity index (χ4v) is 14.7. The Morgan fingerprint density at radius 1 is 0.339 bits per heavy atom. The maximum absolute atomic E-state index is 13.5. The number of allylic oxidation sites excluding steroid dienone is 13. The summed E-state index contributed by atoms with van der Waals surface area (Å²) in [5.41, 5.74) is 0. The molecule has 634 valence electrons. The van der Waals surface area contributed by atoms with Crippen molar-refractivity contribution in [1.82, 2.24) is 5.32 Å². The Labute approximate surface area is 661 Å². The average Bonchev–Trinajstić information content (AvgIpc) is 0.782. The molecule has 109 heavy (non-hydrogen) atoms. The van der Waals surface area contributed by atoms with Gasteiger partial charge in [-0.25, -0.2) is 0 Å². The number of unbranched alkanes of at least 4 members (excludes halogenated alkanes) is 43. The fourth-order valence-electron chi connectivity index (χ4n) is 14.7. The van der Waals surface area contributed by atoms with Crippen LogP contribution < -0.4 is 5.32 Å². The molecule has 0 radical (unpaired) electrons. The first-order valence-electron chi connectivity index (χ1n) is 44.3. The number of aliphatic hydroxyl groups is 11. The number of carbonyl (C=O) groups is 1.